The van der Waals surface area contributed by atoms with Crippen LogP contribution in [-0.4, -0.2) is 16.0 Å². The first-order valence-corrected chi connectivity index (χ1v) is 5.50. The Morgan fingerprint density at radius 2 is 2.50 bits per heavy atom. The Morgan fingerprint density at radius 3 is 3.12 bits per heavy atom. The molecule has 0 aromatic carbocycles. The first kappa shape index (κ1) is 10.8. The van der Waals surface area contributed by atoms with E-state index in [0.717, 1.165) is 5.01 Å². The maximum absolute atomic E-state index is 11.6. The number of hydrogen-bond acceptors (Lipinski definition) is 6. The van der Waals surface area contributed by atoms with E-state index in [-0.39, 0.29) is 5.91 Å². The minimum atomic E-state index is -0.243. The van der Waals surface area contributed by atoms with Gasteiger partial charge in [-0.2, -0.15) is 0 Å². The molecule has 0 saturated heterocycles. The lowest BCUT2D eigenvalue weighted by atomic mass is 10.4. The smallest absolute Gasteiger partial charge is 0.271 e. The Bertz CT molecular complexity index is 466. The maximum Gasteiger partial charge on any atom is 0.271 e. The second kappa shape index (κ2) is 4.86. The topological polar surface area (TPSA) is 94.0 Å². The minimum absolute atomic E-state index is 0.243. The van der Waals surface area contributed by atoms with Crippen LogP contribution in [-0.2, 0) is 13.1 Å². The Morgan fingerprint density at radius 1 is 1.62 bits per heavy atom. The molecule has 0 radical (unpaired) electrons. The number of carbonyl (C=O) groups is 1. The van der Waals surface area contributed by atoms with Gasteiger partial charge in [0.25, 0.3) is 5.91 Å². The number of aromatic nitrogens is 2. The van der Waals surface area contributed by atoms with Crippen molar-refractivity contribution >= 4 is 17.2 Å². The summed E-state index contributed by atoms with van der Waals surface area (Å²) < 4.78 is 4.84. The number of rotatable bonds is 4. The number of carbonyl (C=O) groups excluding carboxylic acids is 1. The van der Waals surface area contributed by atoms with Gasteiger partial charge in [0.2, 0.25) is 0 Å². The van der Waals surface area contributed by atoms with Crippen LogP contribution in [0.25, 0.3) is 0 Å². The summed E-state index contributed by atoms with van der Waals surface area (Å²) in [4.78, 5) is 15.7. The second-order valence-corrected chi connectivity index (χ2v) is 3.93. The van der Waals surface area contributed by atoms with Gasteiger partial charge in [-0.05, 0) is 0 Å². The molecule has 0 fully saturated rings. The molecule has 3 N–H and O–H groups in total. The van der Waals surface area contributed by atoms with Gasteiger partial charge in [0.05, 0.1) is 12.7 Å². The van der Waals surface area contributed by atoms with Crippen molar-refractivity contribution < 1.29 is 9.32 Å². The fraction of sp³-hybridized carbons (Fsp3) is 0.222. The summed E-state index contributed by atoms with van der Waals surface area (Å²) in [5, 5.41) is 8.62. The molecule has 2 aromatic heterocycles. The largest absolute Gasteiger partial charge is 0.360 e. The van der Waals surface area contributed by atoms with Gasteiger partial charge >= 0.3 is 0 Å². The predicted octanol–water partition coefficient (Wildman–Crippen LogP) is 0.520. The summed E-state index contributed by atoms with van der Waals surface area (Å²) in [5.41, 5.74) is 5.79. The molecule has 0 aliphatic rings. The average molecular weight is 238 g/mol. The van der Waals surface area contributed by atoms with Crippen molar-refractivity contribution in [3.05, 3.63) is 34.1 Å². The Hall–Kier alpha value is -1.73. The van der Waals surface area contributed by atoms with E-state index in [4.69, 9.17) is 10.3 Å². The fourth-order valence-electron chi connectivity index (χ4n) is 1.10. The summed E-state index contributed by atoms with van der Waals surface area (Å²) >= 11 is 1.37. The van der Waals surface area contributed by atoms with Crippen molar-refractivity contribution in [1.29, 1.82) is 0 Å². The van der Waals surface area contributed by atoms with Crippen LogP contribution in [0.5, 0.6) is 0 Å². The van der Waals surface area contributed by atoms with E-state index in [1.54, 1.807) is 11.4 Å². The monoisotopic (exact) mass is 238 g/mol. The molecule has 0 saturated carbocycles. The van der Waals surface area contributed by atoms with Crippen molar-refractivity contribution in [3.8, 4) is 0 Å². The summed E-state index contributed by atoms with van der Waals surface area (Å²) in [6.45, 7) is 0.647. The molecule has 16 heavy (non-hydrogen) atoms. The third-order valence-electron chi connectivity index (χ3n) is 1.87. The predicted molar refractivity (Wildman–Crippen MR) is 57.7 cm³/mol. The van der Waals surface area contributed by atoms with E-state index in [1.165, 1.54) is 17.5 Å². The molecule has 0 bridgehead atoms. The van der Waals surface area contributed by atoms with Crippen molar-refractivity contribution in [2.75, 3.05) is 0 Å². The zero-order valence-corrected chi connectivity index (χ0v) is 9.16. The SMILES string of the molecule is NCc1nc(C(=O)NCc2ccno2)cs1. The molecule has 0 spiro atoms. The summed E-state index contributed by atoms with van der Waals surface area (Å²) in [6, 6.07) is 1.69. The third kappa shape index (κ3) is 2.44. The molecule has 7 heteroatoms. The zero-order valence-electron chi connectivity index (χ0n) is 8.34. The molecule has 1 amide bonds. The van der Waals surface area contributed by atoms with Crippen LogP contribution in [0.4, 0.5) is 0 Å². The molecule has 0 atom stereocenters. The number of amides is 1. The highest BCUT2D eigenvalue weighted by Gasteiger charge is 2.10. The molecule has 2 heterocycles. The van der Waals surface area contributed by atoms with E-state index >= 15 is 0 Å². The zero-order chi connectivity index (χ0) is 11.4. The molecule has 2 aromatic rings. The number of nitrogens with zero attached hydrogens (tertiary/aromatic N) is 2. The van der Waals surface area contributed by atoms with Crippen LogP contribution in [0.3, 0.4) is 0 Å². The molecule has 84 valence electrons. The summed E-state index contributed by atoms with van der Waals surface area (Å²) in [5.74, 6) is 0.356. The van der Waals surface area contributed by atoms with Gasteiger partial charge in [0, 0.05) is 18.0 Å². The molecular formula is C9H10N4O2S. The number of hydrogen-bond donors (Lipinski definition) is 2. The van der Waals surface area contributed by atoms with Crippen LogP contribution in [0.2, 0.25) is 0 Å². The third-order valence-corrected chi connectivity index (χ3v) is 2.74. The average Bonchev–Trinajstić information content (AvgIpc) is 2.96. The fourth-order valence-corrected chi connectivity index (χ4v) is 1.75. The van der Waals surface area contributed by atoms with Crippen LogP contribution in [0.15, 0.2) is 22.2 Å². The highest BCUT2D eigenvalue weighted by atomic mass is 32.1. The van der Waals surface area contributed by atoms with E-state index in [2.05, 4.69) is 15.5 Å². The lowest BCUT2D eigenvalue weighted by Gasteiger charge is -1.98. The lowest BCUT2D eigenvalue weighted by Crippen LogP contribution is -2.22. The van der Waals surface area contributed by atoms with Crippen molar-refractivity contribution in [2.45, 2.75) is 13.1 Å². The van der Waals surface area contributed by atoms with Gasteiger partial charge in [-0.25, -0.2) is 4.98 Å². The first-order valence-electron chi connectivity index (χ1n) is 4.62. The van der Waals surface area contributed by atoms with Gasteiger partial charge < -0.3 is 15.6 Å². The van der Waals surface area contributed by atoms with Crippen LogP contribution in [0.1, 0.15) is 21.3 Å². The highest BCUT2D eigenvalue weighted by molar-refractivity contribution is 7.09. The Labute approximate surface area is 95.5 Å². The minimum Gasteiger partial charge on any atom is -0.360 e. The van der Waals surface area contributed by atoms with Gasteiger partial charge in [0.1, 0.15) is 10.7 Å². The van der Waals surface area contributed by atoms with Gasteiger partial charge in [-0.15, -0.1) is 11.3 Å². The van der Waals surface area contributed by atoms with Gasteiger partial charge in [-0.3, -0.25) is 4.79 Å². The quantitative estimate of drug-likeness (QED) is 0.809. The highest BCUT2D eigenvalue weighted by Crippen LogP contribution is 2.08. The maximum atomic E-state index is 11.6. The number of nitrogens with two attached hydrogens (primary N) is 1. The van der Waals surface area contributed by atoms with Crippen molar-refractivity contribution in [2.24, 2.45) is 5.73 Å². The number of thiazole rings is 1. The van der Waals surface area contributed by atoms with Crippen molar-refractivity contribution in [3.63, 3.8) is 0 Å². The Kier molecular flexibility index (Phi) is 3.28. The van der Waals surface area contributed by atoms with E-state index in [0.29, 0.717) is 24.5 Å². The molecule has 6 nitrogen and oxygen atoms in total. The van der Waals surface area contributed by atoms with E-state index in [9.17, 15) is 4.79 Å². The van der Waals surface area contributed by atoms with Crippen LogP contribution < -0.4 is 11.1 Å². The normalized spacial score (nSPS) is 10.3. The van der Waals surface area contributed by atoms with Gasteiger partial charge in [0.15, 0.2) is 5.76 Å². The Balaban J connectivity index is 1.93. The first-order chi connectivity index (χ1) is 7.79. The van der Waals surface area contributed by atoms with E-state index < -0.39 is 0 Å². The number of nitrogens with one attached hydrogen (secondary N) is 1. The molecule has 0 aliphatic carbocycles. The second-order valence-electron chi connectivity index (χ2n) is 2.99. The van der Waals surface area contributed by atoms with Crippen molar-refractivity contribution in [1.82, 2.24) is 15.5 Å². The van der Waals surface area contributed by atoms with Crippen LogP contribution >= 0.6 is 11.3 Å². The molecule has 0 unspecified atom stereocenters. The standard InChI is InChI=1S/C9H10N4O2S/c10-3-8-13-7(5-16-8)9(14)11-4-6-1-2-12-15-6/h1-2,5H,3-4,10H2,(H,11,14). The molecule has 2 rings (SSSR count). The molecule has 0 aliphatic heterocycles. The summed E-state index contributed by atoms with van der Waals surface area (Å²) in [7, 11) is 0. The summed E-state index contributed by atoms with van der Waals surface area (Å²) in [6.07, 6.45) is 1.52. The van der Waals surface area contributed by atoms with Gasteiger partial charge in [-0.1, -0.05) is 5.16 Å². The molecular weight excluding hydrogens is 228 g/mol. The van der Waals surface area contributed by atoms with E-state index in [1.807, 2.05) is 0 Å². The van der Waals surface area contributed by atoms with Crippen LogP contribution in [0, 0.1) is 0 Å². The lowest BCUT2D eigenvalue weighted by molar-refractivity contribution is 0.0942.